The summed E-state index contributed by atoms with van der Waals surface area (Å²) in [6.07, 6.45) is 3.35. The van der Waals surface area contributed by atoms with Gasteiger partial charge in [-0.15, -0.1) is 0 Å². The molecule has 0 spiro atoms. The Morgan fingerprint density at radius 2 is 1.37 bits per heavy atom. The number of aryl methyl sites for hydroxylation is 3. The molecule has 3 aromatic rings. The van der Waals surface area contributed by atoms with Gasteiger partial charge in [-0.2, -0.15) is 0 Å². The van der Waals surface area contributed by atoms with E-state index in [2.05, 4.69) is 53.9 Å². The van der Waals surface area contributed by atoms with Crippen LogP contribution in [0.1, 0.15) is 80.9 Å². The van der Waals surface area contributed by atoms with E-state index < -0.39 is 0 Å². The molecular weight excluding hydrogens is 652 g/mol. The molecule has 3 rings (SSSR count). The van der Waals surface area contributed by atoms with E-state index in [4.69, 9.17) is 4.74 Å². The van der Waals surface area contributed by atoms with E-state index in [9.17, 15) is 14.4 Å². The fourth-order valence-electron chi connectivity index (χ4n) is 4.79. The highest BCUT2D eigenvalue weighted by atomic mass is 16.5. The van der Waals surface area contributed by atoms with Crippen LogP contribution in [0.5, 0.6) is 0 Å². The summed E-state index contributed by atoms with van der Waals surface area (Å²) >= 11 is 0. The maximum Gasteiger partial charge on any atom is 0.338 e. The first kappa shape index (κ1) is 45.8. The summed E-state index contributed by atoms with van der Waals surface area (Å²) in [7, 11) is 3.90. The van der Waals surface area contributed by atoms with E-state index >= 15 is 0 Å². The quantitative estimate of drug-likeness (QED) is 0.0789. The van der Waals surface area contributed by atoms with Gasteiger partial charge in [0.15, 0.2) is 0 Å². The second-order valence-electron chi connectivity index (χ2n) is 13.1. The predicted molar refractivity (Wildman–Crippen MR) is 219 cm³/mol. The third-order valence-electron chi connectivity index (χ3n) is 8.26. The minimum atomic E-state index is -0.262. The molecule has 4 N–H and O–H groups in total. The van der Waals surface area contributed by atoms with E-state index in [0.717, 1.165) is 79.3 Å². The Morgan fingerprint density at radius 1 is 0.750 bits per heavy atom. The third-order valence-corrected chi connectivity index (χ3v) is 8.26. The van der Waals surface area contributed by atoms with E-state index in [-0.39, 0.29) is 23.8 Å². The molecule has 0 aliphatic carbocycles. The number of amides is 2. The maximum absolute atomic E-state index is 11.9. The number of likely N-dealkylation sites (N-methyl/N-ethyl adjacent to an activating group) is 2. The molecule has 0 saturated carbocycles. The highest BCUT2D eigenvalue weighted by Crippen LogP contribution is 2.19. The van der Waals surface area contributed by atoms with E-state index in [1.807, 2.05) is 101 Å². The lowest BCUT2D eigenvalue weighted by Crippen LogP contribution is -2.38. The molecule has 0 heterocycles. The second-order valence-corrected chi connectivity index (χ2v) is 13.1. The number of anilines is 3. The molecular formula is C42H66N6O4. The van der Waals surface area contributed by atoms with Crippen molar-refractivity contribution in [2.24, 2.45) is 0 Å². The Morgan fingerprint density at radius 3 is 1.92 bits per heavy atom. The average molecular weight is 719 g/mol. The van der Waals surface area contributed by atoms with Crippen molar-refractivity contribution in [3.05, 3.63) is 89.0 Å². The molecule has 2 amide bonds. The molecule has 0 aliphatic rings. The van der Waals surface area contributed by atoms with Gasteiger partial charge < -0.3 is 30.9 Å². The molecule has 0 aromatic heterocycles. The summed E-state index contributed by atoms with van der Waals surface area (Å²) in [6.45, 7) is 21.5. The van der Waals surface area contributed by atoms with Crippen LogP contribution >= 0.6 is 0 Å². The van der Waals surface area contributed by atoms with Crippen LogP contribution < -0.4 is 21.3 Å². The van der Waals surface area contributed by atoms with Gasteiger partial charge in [-0.25, -0.2) is 4.79 Å². The number of nitrogens with zero attached hydrogens (tertiary/aromatic N) is 2. The first-order valence-electron chi connectivity index (χ1n) is 18.7. The van der Waals surface area contributed by atoms with Crippen molar-refractivity contribution in [1.29, 1.82) is 0 Å². The zero-order valence-electron chi connectivity index (χ0n) is 33.5. The van der Waals surface area contributed by atoms with Gasteiger partial charge in [-0.05, 0) is 121 Å². The van der Waals surface area contributed by atoms with Crippen LogP contribution in [0.2, 0.25) is 0 Å². The van der Waals surface area contributed by atoms with E-state index in [1.165, 1.54) is 6.42 Å². The van der Waals surface area contributed by atoms with Crippen molar-refractivity contribution < 1.29 is 19.1 Å². The lowest BCUT2D eigenvalue weighted by atomic mass is 10.1. The van der Waals surface area contributed by atoms with Gasteiger partial charge >= 0.3 is 5.97 Å². The fraction of sp³-hybridized carbons (Fsp3) is 0.500. The minimum absolute atomic E-state index is 0.0164. The molecule has 0 radical (unpaired) electrons. The average Bonchev–Trinajstić information content (AvgIpc) is 3.12. The number of para-hydroxylation sites is 2. The number of unbranched alkanes of at least 4 members (excludes halogenated alkanes) is 1. The second kappa shape index (κ2) is 26.5. The first-order valence-corrected chi connectivity index (χ1v) is 18.7. The number of esters is 1. The summed E-state index contributed by atoms with van der Waals surface area (Å²) in [4.78, 5) is 39.5. The van der Waals surface area contributed by atoms with Crippen LogP contribution in [0, 0.1) is 20.8 Å². The van der Waals surface area contributed by atoms with Crippen molar-refractivity contribution in [2.45, 2.75) is 80.7 Å². The SMILES string of the molecule is CCCCNc1ccc(C(=O)OCCN(C)C)cc1.CCCNC(C)C(=O)Nc1ccccc1C.CCN(CC)CC(=O)Nc1c(C)cccc1C. The molecule has 288 valence electrons. The number of benzene rings is 3. The van der Waals surface area contributed by atoms with Gasteiger partial charge in [-0.1, -0.05) is 70.5 Å². The Bertz CT molecular complexity index is 1440. The van der Waals surface area contributed by atoms with Crippen LogP contribution in [0.25, 0.3) is 0 Å². The third kappa shape index (κ3) is 18.8. The van der Waals surface area contributed by atoms with Crippen molar-refractivity contribution in [2.75, 3.05) is 75.9 Å². The lowest BCUT2D eigenvalue weighted by Gasteiger charge is -2.18. The van der Waals surface area contributed by atoms with Crippen LogP contribution in [0.4, 0.5) is 17.1 Å². The number of hydrogen-bond donors (Lipinski definition) is 4. The number of carbonyl (C=O) groups is 3. The molecule has 0 saturated heterocycles. The van der Waals surface area contributed by atoms with Crippen molar-refractivity contribution in [3.63, 3.8) is 0 Å². The Labute approximate surface area is 314 Å². The van der Waals surface area contributed by atoms with Crippen LogP contribution in [-0.4, -0.2) is 93.6 Å². The molecule has 52 heavy (non-hydrogen) atoms. The smallest absolute Gasteiger partial charge is 0.338 e. The molecule has 1 unspecified atom stereocenters. The Kier molecular flexibility index (Phi) is 23.3. The van der Waals surface area contributed by atoms with E-state index in [0.29, 0.717) is 18.7 Å². The van der Waals surface area contributed by atoms with Crippen LogP contribution in [0.3, 0.4) is 0 Å². The zero-order valence-corrected chi connectivity index (χ0v) is 33.5. The minimum Gasteiger partial charge on any atom is -0.461 e. The number of carbonyl (C=O) groups excluding carboxylic acids is 3. The van der Waals surface area contributed by atoms with Crippen molar-refractivity contribution >= 4 is 34.8 Å². The maximum atomic E-state index is 11.9. The summed E-state index contributed by atoms with van der Waals surface area (Å²) in [5.74, 6) is -0.184. The summed E-state index contributed by atoms with van der Waals surface area (Å²) < 4.78 is 5.18. The Hall–Kier alpha value is -4.25. The number of hydrogen-bond acceptors (Lipinski definition) is 8. The van der Waals surface area contributed by atoms with Gasteiger partial charge in [0.2, 0.25) is 11.8 Å². The normalized spacial score (nSPS) is 11.1. The molecule has 10 nitrogen and oxygen atoms in total. The standard InChI is InChI=1S/C15H24N2O2.C14H22N2O.C13H20N2O/c1-4-5-10-16-14-8-6-13(7-9-14)15(18)19-12-11-17(2)3;1-5-16(6-2)10-13(17)15-14-11(3)8-7-9-12(14)4;1-4-9-14-11(3)13(16)15-12-8-6-5-7-10(12)2/h6-9,16H,4-5,10-12H2,1-3H3;7-9H,5-6,10H2,1-4H3,(H,15,17);5-8,11,14H,4,9H2,1-3H3,(H,15,16). The fourth-order valence-corrected chi connectivity index (χ4v) is 4.79. The van der Waals surface area contributed by atoms with Crippen molar-refractivity contribution in [1.82, 2.24) is 15.1 Å². The van der Waals surface area contributed by atoms with Crippen LogP contribution in [0.15, 0.2) is 66.7 Å². The molecule has 0 aliphatic heterocycles. The van der Waals surface area contributed by atoms with Gasteiger partial charge in [0.05, 0.1) is 18.2 Å². The van der Waals surface area contributed by atoms with Crippen LogP contribution in [-0.2, 0) is 14.3 Å². The molecule has 10 heteroatoms. The largest absolute Gasteiger partial charge is 0.461 e. The highest BCUT2D eigenvalue weighted by Gasteiger charge is 2.13. The summed E-state index contributed by atoms with van der Waals surface area (Å²) in [5, 5.41) is 12.4. The van der Waals surface area contributed by atoms with Gasteiger partial charge in [-0.3, -0.25) is 14.5 Å². The summed E-state index contributed by atoms with van der Waals surface area (Å²) in [5.41, 5.74) is 6.77. The highest BCUT2D eigenvalue weighted by molar-refractivity contribution is 5.95. The van der Waals surface area contributed by atoms with Gasteiger partial charge in [0.1, 0.15) is 6.61 Å². The van der Waals surface area contributed by atoms with E-state index in [1.54, 1.807) is 12.1 Å². The first-order chi connectivity index (χ1) is 24.9. The number of rotatable bonds is 18. The van der Waals surface area contributed by atoms with Gasteiger partial charge in [0.25, 0.3) is 0 Å². The lowest BCUT2D eigenvalue weighted by molar-refractivity contribution is -0.118. The van der Waals surface area contributed by atoms with Crippen molar-refractivity contribution in [3.8, 4) is 0 Å². The molecule has 3 aromatic carbocycles. The molecule has 1 atom stereocenters. The monoisotopic (exact) mass is 719 g/mol. The number of nitrogens with one attached hydrogen (secondary N) is 4. The topological polar surface area (TPSA) is 115 Å². The molecule has 0 bridgehead atoms. The van der Waals surface area contributed by atoms with Gasteiger partial charge in [0, 0.05) is 30.2 Å². The zero-order chi connectivity index (χ0) is 38.9. The Balaban J connectivity index is 0.000000392. The summed E-state index contributed by atoms with van der Waals surface area (Å²) in [6, 6.07) is 21.1. The number of ether oxygens (including phenoxy) is 1. The molecule has 0 fully saturated rings. The predicted octanol–water partition coefficient (Wildman–Crippen LogP) is 7.52.